The van der Waals surface area contributed by atoms with Crippen molar-refractivity contribution in [2.75, 3.05) is 31.6 Å². The molecular weight excluding hydrogens is 266 g/mol. The van der Waals surface area contributed by atoms with Gasteiger partial charge in [0, 0.05) is 26.3 Å². The third-order valence-corrected chi connectivity index (χ3v) is 2.95. The maximum Gasteiger partial charge on any atom is 0.142 e. The first-order chi connectivity index (χ1) is 7.65. The van der Waals surface area contributed by atoms with Gasteiger partial charge in [0.2, 0.25) is 0 Å². The van der Waals surface area contributed by atoms with Crippen molar-refractivity contribution in [3.63, 3.8) is 0 Å². The fourth-order valence-electron chi connectivity index (χ4n) is 1.46. The Bertz CT molecular complexity index is 328. The van der Waals surface area contributed by atoms with Crippen LogP contribution in [0, 0.1) is 6.92 Å². The highest BCUT2D eigenvalue weighted by Gasteiger charge is 2.06. The van der Waals surface area contributed by atoms with Crippen LogP contribution in [0.15, 0.2) is 16.7 Å². The molecule has 4 heteroatoms. The van der Waals surface area contributed by atoms with Gasteiger partial charge in [-0.1, -0.05) is 6.92 Å². The third-order valence-electron chi connectivity index (χ3n) is 2.37. The summed E-state index contributed by atoms with van der Waals surface area (Å²) in [6.45, 7) is 7.26. The van der Waals surface area contributed by atoms with E-state index < -0.39 is 0 Å². The molecule has 1 heterocycles. The van der Waals surface area contributed by atoms with Crippen molar-refractivity contribution in [1.82, 2.24) is 10.3 Å². The van der Waals surface area contributed by atoms with Gasteiger partial charge in [-0.2, -0.15) is 0 Å². The number of halogens is 1. The smallest absolute Gasteiger partial charge is 0.142 e. The van der Waals surface area contributed by atoms with E-state index in [0.717, 1.165) is 29.9 Å². The minimum Gasteiger partial charge on any atom is -0.357 e. The number of nitrogens with one attached hydrogen (secondary N) is 1. The van der Waals surface area contributed by atoms with Gasteiger partial charge in [-0.05, 0) is 47.4 Å². The lowest BCUT2D eigenvalue weighted by Gasteiger charge is -2.19. The van der Waals surface area contributed by atoms with Crippen LogP contribution in [-0.4, -0.2) is 31.7 Å². The van der Waals surface area contributed by atoms with Crippen LogP contribution in [0.1, 0.15) is 18.9 Å². The third kappa shape index (κ3) is 4.10. The van der Waals surface area contributed by atoms with Crippen LogP contribution in [0.5, 0.6) is 0 Å². The second-order valence-electron chi connectivity index (χ2n) is 3.99. The number of nitrogens with zero attached hydrogens (tertiary/aromatic N) is 2. The summed E-state index contributed by atoms with van der Waals surface area (Å²) in [4.78, 5) is 6.59. The molecule has 0 bridgehead atoms. The molecule has 1 rings (SSSR count). The molecule has 0 aromatic carbocycles. The van der Waals surface area contributed by atoms with E-state index in [1.165, 1.54) is 12.0 Å². The van der Waals surface area contributed by atoms with Crippen molar-refractivity contribution < 1.29 is 0 Å². The molecule has 1 aromatic heterocycles. The minimum atomic E-state index is 0.967. The summed E-state index contributed by atoms with van der Waals surface area (Å²) in [5, 5.41) is 3.38. The summed E-state index contributed by atoms with van der Waals surface area (Å²) in [5.74, 6) is 1.00. The lowest BCUT2D eigenvalue weighted by atomic mass is 10.3. The molecule has 0 spiro atoms. The lowest BCUT2D eigenvalue weighted by molar-refractivity contribution is 0.663. The second-order valence-corrected chi connectivity index (χ2v) is 4.84. The van der Waals surface area contributed by atoms with Crippen LogP contribution in [0.2, 0.25) is 0 Å². The Morgan fingerprint density at radius 2 is 2.19 bits per heavy atom. The molecule has 0 aliphatic carbocycles. The Morgan fingerprint density at radius 1 is 1.44 bits per heavy atom. The van der Waals surface area contributed by atoms with Crippen molar-refractivity contribution in [2.45, 2.75) is 20.3 Å². The van der Waals surface area contributed by atoms with Gasteiger partial charge in [0.05, 0.1) is 4.47 Å². The number of hydrogen-bond donors (Lipinski definition) is 1. The van der Waals surface area contributed by atoms with Crippen LogP contribution in [0.3, 0.4) is 0 Å². The van der Waals surface area contributed by atoms with E-state index in [1.54, 1.807) is 0 Å². The fraction of sp³-hybridized carbons (Fsp3) is 0.583. The molecule has 3 nitrogen and oxygen atoms in total. The van der Waals surface area contributed by atoms with Gasteiger partial charge in [0.1, 0.15) is 5.82 Å². The summed E-state index contributed by atoms with van der Waals surface area (Å²) in [7, 11) is 2.07. The van der Waals surface area contributed by atoms with E-state index in [1.807, 2.05) is 13.1 Å². The molecule has 0 radical (unpaired) electrons. The monoisotopic (exact) mass is 285 g/mol. The van der Waals surface area contributed by atoms with E-state index >= 15 is 0 Å². The Morgan fingerprint density at radius 3 is 2.81 bits per heavy atom. The Labute approximate surface area is 106 Å². The predicted molar refractivity (Wildman–Crippen MR) is 73.1 cm³/mol. The summed E-state index contributed by atoms with van der Waals surface area (Å²) in [5.41, 5.74) is 1.17. The lowest BCUT2D eigenvalue weighted by Crippen LogP contribution is -2.30. The van der Waals surface area contributed by atoms with Crippen LogP contribution in [0.4, 0.5) is 5.82 Å². The van der Waals surface area contributed by atoms with Gasteiger partial charge in [-0.25, -0.2) is 4.98 Å². The SMILES string of the molecule is CCCNCCN(C)c1ncc(C)cc1Br. The topological polar surface area (TPSA) is 28.2 Å². The quantitative estimate of drug-likeness (QED) is 0.815. The average Bonchev–Trinajstić information content (AvgIpc) is 2.24. The molecule has 0 atom stereocenters. The minimum absolute atomic E-state index is 0.967. The first kappa shape index (κ1) is 13.5. The number of hydrogen-bond acceptors (Lipinski definition) is 3. The van der Waals surface area contributed by atoms with Gasteiger partial charge in [-0.15, -0.1) is 0 Å². The molecule has 1 aromatic rings. The molecular formula is C12H20BrN3. The van der Waals surface area contributed by atoms with E-state index in [9.17, 15) is 0 Å². The highest BCUT2D eigenvalue weighted by Crippen LogP contribution is 2.22. The molecule has 0 aliphatic rings. The molecule has 0 saturated carbocycles. The summed E-state index contributed by atoms with van der Waals surface area (Å²) in [6.07, 6.45) is 3.08. The van der Waals surface area contributed by atoms with Gasteiger partial charge in [-0.3, -0.25) is 0 Å². The molecule has 0 amide bonds. The van der Waals surface area contributed by atoms with Gasteiger partial charge < -0.3 is 10.2 Å². The molecule has 0 aliphatic heterocycles. The zero-order valence-electron chi connectivity index (χ0n) is 10.3. The van der Waals surface area contributed by atoms with E-state index in [2.05, 4.69) is 51.2 Å². The normalized spacial score (nSPS) is 10.5. The standard InChI is InChI=1S/C12H20BrN3/c1-4-5-14-6-7-16(3)12-11(13)8-10(2)9-15-12/h8-9,14H,4-7H2,1-3H3. The molecule has 0 unspecified atom stereocenters. The van der Waals surface area contributed by atoms with Crippen LogP contribution < -0.4 is 10.2 Å². The first-order valence-electron chi connectivity index (χ1n) is 5.69. The van der Waals surface area contributed by atoms with E-state index in [-0.39, 0.29) is 0 Å². The highest BCUT2D eigenvalue weighted by atomic mass is 79.9. The Balaban J connectivity index is 2.49. The van der Waals surface area contributed by atoms with Gasteiger partial charge in [0.25, 0.3) is 0 Å². The number of anilines is 1. The maximum atomic E-state index is 4.43. The number of pyridine rings is 1. The van der Waals surface area contributed by atoms with E-state index in [0.29, 0.717) is 0 Å². The van der Waals surface area contributed by atoms with Gasteiger partial charge >= 0.3 is 0 Å². The number of likely N-dealkylation sites (N-methyl/N-ethyl adjacent to an activating group) is 1. The molecule has 90 valence electrons. The molecule has 0 fully saturated rings. The largest absolute Gasteiger partial charge is 0.357 e. The number of rotatable bonds is 6. The van der Waals surface area contributed by atoms with E-state index in [4.69, 9.17) is 0 Å². The molecule has 0 saturated heterocycles. The van der Waals surface area contributed by atoms with Gasteiger partial charge in [0.15, 0.2) is 0 Å². The van der Waals surface area contributed by atoms with Crippen molar-refractivity contribution in [3.05, 3.63) is 22.3 Å². The van der Waals surface area contributed by atoms with Crippen LogP contribution >= 0.6 is 15.9 Å². The van der Waals surface area contributed by atoms with Crippen LogP contribution in [-0.2, 0) is 0 Å². The Hall–Kier alpha value is -0.610. The van der Waals surface area contributed by atoms with Crippen molar-refractivity contribution in [1.29, 1.82) is 0 Å². The summed E-state index contributed by atoms with van der Waals surface area (Å²) >= 11 is 3.55. The summed E-state index contributed by atoms with van der Waals surface area (Å²) < 4.78 is 1.06. The van der Waals surface area contributed by atoms with Crippen molar-refractivity contribution in [3.8, 4) is 0 Å². The highest BCUT2D eigenvalue weighted by molar-refractivity contribution is 9.10. The van der Waals surface area contributed by atoms with Crippen LogP contribution in [0.25, 0.3) is 0 Å². The Kier molecular flexibility index (Phi) is 5.77. The summed E-state index contributed by atoms with van der Waals surface area (Å²) in [6, 6.07) is 2.10. The fourth-order valence-corrected chi connectivity index (χ4v) is 2.23. The maximum absolute atomic E-state index is 4.43. The molecule has 16 heavy (non-hydrogen) atoms. The second kappa shape index (κ2) is 6.86. The zero-order valence-corrected chi connectivity index (χ0v) is 11.8. The first-order valence-corrected chi connectivity index (χ1v) is 6.48. The average molecular weight is 286 g/mol. The number of aromatic nitrogens is 1. The predicted octanol–water partition coefficient (Wildman–Crippen LogP) is 2.59. The van der Waals surface area contributed by atoms with Crippen molar-refractivity contribution >= 4 is 21.7 Å². The number of aryl methyl sites for hydroxylation is 1. The van der Waals surface area contributed by atoms with Crippen molar-refractivity contribution in [2.24, 2.45) is 0 Å². The zero-order chi connectivity index (χ0) is 12.0. The molecule has 1 N–H and O–H groups in total.